The van der Waals surface area contributed by atoms with Gasteiger partial charge in [-0.1, -0.05) is 13.8 Å². The number of alkyl halides is 1. The number of rotatable bonds is 7. The van der Waals surface area contributed by atoms with E-state index >= 15 is 0 Å². The first-order valence-electron chi connectivity index (χ1n) is 4.84. The first kappa shape index (κ1) is 12.0. The molecule has 0 aliphatic rings. The van der Waals surface area contributed by atoms with E-state index in [1.165, 1.54) is 0 Å². The van der Waals surface area contributed by atoms with Crippen LogP contribution in [0.15, 0.2) is 0 Å². The van der Waals surface area contributed by atoms with Gasteiger partial charge in [0.05, 0.1) is 0 Å². The lowest BCUT2D eigenvalue weighted by molar-refractivity contribution is -0.123. The summed E-state index contributed by atoms with van der Waals surface area (Å²) in [5.74, 6) is 1.39. The highest BCUT2D eigenvalue weighted by molar-refractivity contribution is 6.17. The first-order valence-corrected chi connectivity index (χ1v) is 5.38. The second kappa shape index (κ2) is 7.60. The number of unbranched alkanes of at least 4 members (excludes halogenated alkanes) is 1. The molecule has 0 fully saturated rings. The fourth-order valence-electron chi connectivity index (χ4n) is 1.34. The number of ketones is 1. The van der Waals surface area contributed by atoms with Crippen LogP contribution in [0.3, 0.4) is 0 Å². The van der Waals surface area contributed by atoms with E-state index < -0.39 is 0 Å². The van der Waals surface area contributed by atoms with Gasteiger partial charge >= 0.3 is 0 Å². The molecule has 0 unspecified atom stereocenters. The monoisotopic (exact) mass is 190 g/mol. The van der Waals surface area contributed by atoms with Crippen molar-refractivity contribution in [1.29, 1.82) is 0 Å². The Morgan fingerprint density at radius 2 is 1.83 bits per heavy atom. The van der Waals surface area contributed by atoms with Crippen LogP contribution in [0.5, 0.6) is 0 Å². The average molecular weight is 191 g/mol. The molecule has 0 bridgehead atoms. The number of carbonyl (C=O) groups excluding carboxylic acids is 1. The Morgan fingerprint density at radius 1 is 1.25 bits per heavy atom. The van der Waals surface area contributed by atoms with Crippen molar-refractivity contribution < 1.29 is 4.79 Å². The molecule has 0 N–H and O–H groups in total. The van der Waals surface area contributed by atoms with E-state index in [1.54, 1.807) is 0 Å². The summed E-state index contributed by atoms with van der Waals surface area (Å²) in [6, 6.07) is 0. The Hall–Kier alpha value is -0.0400. The molecule has 72 valence electrons. The van der Waals surface area contributed by atoms with Gasteiger partial charge in [0.15, 0.2) is 0 Å². The van der Waals surface area contributed by atoms with Crippen molar-refractivity contribution in [2.75, 3.05) is 5.88 Å². The molecule has 0 aliphatic carbocycles. The molecule has 0 amide bonds. The number of hydrogen-bond donors (Lipinski definition) is 0. The average Bonchev–Trinajstić information content (AvgIpc) is 2.07. The molecule has 12 heavy (non-hydrogen) atoms. The van der Waals surface area contributed by atoms with Crippen LogP contribution < -0.4 is 0 Å². The van der Waals surface area contributed by atoms with E-state index in [0.717, 1.165) is 32.1 Å². The van der Waals surface area contributed by atoms with E-state index in [9.17, 15) is 4.79 Å². The summed E-state index contributed by atoms with van der Waals surface area (Å²) in [6.07, 6.45) is 4.61. The minimum atomic E-state index is 0.292. The van der Waals surface area contributed by atoms with Gasteiger partial charge in [-0.2, -0.15) is 0 Å². The van der Waals surface area contributed by atoms with Crippen molar-refractivity contribution in [3.05, 3.63) is 0 Å². The molecule has 0 saturated heterocycles. The van der Waals surface area contributed by atoms with Gasteiger partial charge in [0.1, 0.15) is 5.78 Å². The second-order valence-corrected chi connectivity index (χ2v) is 3.50. The van der Waals surface area contributed by atoms with Crippen LogP contribution in [0.4, 0.5) is 0 Å². The predicted octanol–water partition coefficient (Wildman–Crippen LogP) is 3.40. The van der Waals surface area contributed by atoms with Gasteiger partial charge < -0.3 is 0 Å². The van der Waals surface area contributed by atoms with E-state index in [-0.39, 0.29) is 0 Å². The van der Waals surface area contributed by atoms with Gasteiger partial charge in [-0.05, 0) is 25.7 Å². The highest BCUT2D eigenvalue weighted by Gasteiger charge is 2.12. The van der Waals surface area contributed by atoms with Crippen molar-refractivity contribution in [3.8, 4) is 0 Å². The topological polar surface area (TPSA) is 17.1 Å². The van der Waals surface area contributed by atoms with Crippen molar-refractivity contribution in [2.45, 2.75) is 46.0 Å². The smallest absolute Gasteiger partial charge is 0.135 e. The molecular formula is C10H19ClO. The van der Waals surface area contributed by atoms with Gasteiger partial charge in [-0.3, -0.25) is 4.79 Å². The molecule has 0 aromatic rings. The van der Waals surface area contributed by atoms with Crippen LogP contribution in [0.2, 0.25) is 0 Å². The van der Waals surface area contributed by atoms with Crippen LogP contribution in [0.1, 0.15) is 46.0 Å². The summed E-state index contributed by atoms with van der Waals surface area (Å²) < 4.78 is 0. The maximum absolute atomic E-state index is 11.4. The highest BCUT2D eigenvalue weighted by atomic mass is 35.5. The first-order chi connectivity index (χ1) is 5.76. The number of halogens is 1. The molecule has 0 heterocycles. The summed E-state index contributed by atoms with van der Waals surface area (Å²) in [4.78, 5) is 11.4. The van der Waals surface area contributed by atoms with Gasteiger partial charge in [0.2, 0.25) is 0 Å². The molecule has 0 aliphatic heterocycles. The Kier molecular flexibility index (Phi) is 7.58. The molecule has 2 heteroatoms. The van der Waals surface area contributed by atoms with Crippen LogP contribution in [0, 0.1) is 5.92 Å². The van der Waals surface area contributed by atoms with Crippen LogP contribution >= 0.6 is 11.6 Å². The molecule has 0 atom stereocenters. The van der Waals surface area contributed by atoms with Gasteiger partial charge in [0, 0.05) is 18.2 Å². The Bertz CT molecular complexity index is 119. The Labute approximate surface area is 80.5 Å². The largest absolute Gasteiger partial charge is 0.299 e. The third-order valence-corrected chi connectivity index (χ3v) is 2.52. The molecule has 0 aromatic heterocycles. The molecule has 1 nitrogen and oxygen atoms in total. The fourth-order valence-corrected chi connectivity index (χ4v) is 1.53. The summed E-state index contributed by atoms with van der Waals surface area (Å²) in [5.41, 5.74) is 0. The normalized spacial score (nSPS) is 10.7. The van der Waals surface area contributed by atoms with Crippen molar-refractivity contribution >= 4 is 17.4 Å². The molecule has 0 aromatic carbocycles. The lowest BCUT2D eigenvalue weighted by Crippen LogP contribution is -2.12. The minimum absolute atomic E-state index is 0.292. The van der Waals surface area contributed by atoms with Crippen molar-refractivity contribution in [1.82, 2.24) is 0 Å². The van der Waals surface area contributed by atoms with E-state index in [1.807, 2.05) is 0 Å². The summed E-state index contributed by atoms with van der Waals surface area (Å²) in [7, 11) is 0. The molecule has 0 spiro atoms. The van der Waals surface area contributed by atoms with Gasteiger partial charge in [0.25, 0.3) is 0 Å². The van der Waals surface area contributed by atoms with E-state index in [4.69, 9.17) is 11.6 Å². The summed E-state index contributed by atoms with van der Waals surface area (Å²) in [6.45, 7) is 4.15. The molecule has 0 radical (unpaired) electrons. The van der Waals surface area contributed by atoms with Crippen molar-refractivity contribution in [2.24, 2.45) is 5.92 Å². The molecule has 0 saturated carbocycles. The minimum Gasteiger partial charge on any atom is -0.299 e. The van der Waals surface area contributed by atoms with Crippen LogP contribution in [-0.4, -0.2) is 11.7 Å². The standard InChI is InChI=1S/C10H19ClO/c1-3-9(4-2)10(12)7-5-6-8-11/h9H,3-8H2,1-2H3. The zero-order chi connectivity index (χ0) is 9.40. The highest BCUT2D eigenvalue weighted by Crippen LogP contribution is 2.13. The second-order valence-electron chi connectivity index (χ2n) is 3.13. The molecule has 0 rings (SSSR count). The third-order valence-electron chi connectivity index (χ3n) is 2.25. The zero-order valence-electron chi connectivity index (χ0n) is 8.11. The Morgan fingerprint density at radius 3 is 2.25 bits per heavy atom. The fraction of sp³-hybridized carbons (Fsp3) is 0.900. The predicted molar refractivity (Wildman–Crippen MR) is 53.7 cm³/mol. The number of carbonyl (C=O) groups is 1. The lowest BCUT2D eigenvalue weighted by atomic mass is 9.95. The Balaban J connectivity index is 3.54. The lowest BCUT2D eigenvalue weighted by Gasteiger charge is -2.09. The number of hydrogen-bond acceptors (Lipinski definition) is 1. The van der Waals surface area contributed by atoms with Crippen LogP contribution in [-0.2, 0) is 4.79 Å². The maximum Gasteiger partial charge on any atom is 0.135 e. The van der Waals surface area contributed by atoms with Gasteiger partial charge in [-0.25, -0.2) is 0 Å². The SMILES string of the molecule is CCC(CC)C(=O)CCCCCl. The van der Waals surface area contributed by atoms with E-state index in [2.05, 4.69) is 13.8 Å². The molecular weight excluding hydrogens is 172 g/mol. The van der Waals surface area contributed by atoms with E-state index in [0.29, 0.717) is 17.6 Å². The summed E-state index contributed by atoms with van der Waals surface area (Å²) in [5, 5.41) is 0. The van der Waals surface area contributed by atoms with Crippen LogP contribution in [0.25, 0.3) is 0 Å². The summed E-state index contributed by atoms with van der Waals surface area (Å²) >= 11 is 5.52. The van der Waals surface area contributed by atoms with Gasteiger partial charge in [-0.15, -0.1) is 11.6 Å². The third kappa shape index (κ3) is 4.76. The zero-order valence-corrected chi connectivity index (χ0v) is 8.86. The quantitative estimate of drug-likeness (QED) is 0.444. The number of Topliss-reactive ketones (excluding diaryl/α,β-unsaturated/α-hetero) is 1. The maximum atomic E-state index is 11.4. The van der Waals surface area contributed by atoms with Crippen molar-refractivity contribution in [3.63, 3.8) is 0 Å².